The van der Waals surface area contributed by atoms with E-state index in [0.717, 1.165) is 11.6 Å². The second-order valence-electron chi connectivity index (χ2n) is 7.11. The van der Waals surface area contributed by atoms with Gasteiger partial charge < -0.3 is 24.7 Å². The predicted octanol–water partition coefficient (Wildman–Crippen LogP) is 4.73. The van der Waals surface area contributed by atoms with Crippen molar-refractivity contribution >= 4 is 40.7 Å². The summed E-state index contributed by atoms with van der Waals surface area (Å²) in [5.41, 5.74) is -0.192. The van der Waals surface area contributed by atoms with Gasteiger partial charge in [-0.25, -0.2) is 4.98 Å². The molecular weight excluding hydrogens is 479 g/mol. The summed E-state index contributed by atoms with van der Waals surface area (Å²) in [6, 6.07) is 11.7. The maximum atomic E-state index is 13.4. The van der Waals surface area contributed by atoms with Gasteiger partial charge in [0.05, 0.1) is 19.8 Å². The average Bonchev–Trinajstić information content (AvgIpc) is 3.27. The van der Waals surface area contributed by atoms with E-state index in [-0.39, 0.29) is 23.4 Å². The molecule has 0 spiro atoms. The summed E-state index contributed by atoms with van der Waals surface area (Å²) in [6.45, 7) is 1.91. The SMILES string of the molecule is FC(F)(F)c1cc(N2CCOCC2)nc(NC(=S)NCc2ccc(-c3ccc(Cl)cc3)o2)n1. The smallest absolute Gasteiger partial charge is 0.433 e. The standard InChI is InChI=1S/C21H19ClF3N5O2S/c22-14-3-1-13(2-4-14)16-6-5-15(32-16)12-26-20(33)29-19-27-17(21(23,24)25)11-18(28-19)30-7-9-31-10-8-30/h1-6,11H,7-10,12H2,(H2,26,27,28,29,33). The molecule has 0 radical (unpaired) electrons. The highest BCUT2D eigenvalue weighted by Gasteiger charge is 2.34. The number of nitrogens with one attached hydrogen (secondary N) is 2. The number of furan rings is 1. The number of nitrogens with zero attached hydrogens (tertiary/aromatic N) is 3. The summed E-state index contributed by atoms with van der Waals surface area (Å²) >= 11 is 11.1. The van der Waals surface area contributed by atoms with Crippen LogP contribution in [0.2, 0.25) is 5.02 Å². The van der Waals surface area contributed by atoms with E-state index in [1.807, 2.05) is 12.1 Å². The van der Waals surface area contributed by atoms with Crippen LogP contribution in [0.1, 0.15) is 11.5 Å². The van der Waals surface area contributed by atoms with Gasteiger partial charge in [0.25, 0.3) is 0 Å². The van der Waals surface area contributed by atoms with E-state index in [0.29, 0.717) is 42.8 Å². The van der Waals surface area contributed by atoms with Crippen LogP contribution in [0.4, 0.5) is 24.9 Å². The van der Waals surface area contributed by atoms with Crippen LogP contribution in [0, 0.1) is 0 Å². The fourth-order valence-electron chi connectivity index (χ4n) is 3.15. The first-order valence-electron chi connectivity index (χ1n) is 9.96. The highest BCUT2D eigenvalue weighted by molar-refractivity contribution is 7.80. The van der Waals surface area contributed by atoms with Crippen LogP contribution in [-0.2, 0) is 17.5 Å². The number of morpholine rings is 1. The normalized spacial score (nSPS) is 14.2. The van der Waals surface area contributed by atoms with Crippen molar-refractivity contribution in [1.29, 1.82) is 0 Å². The highest BCUT2D eigenvalue weighted by Crippen LogP contribution is 2.31. The molecule has 0 unspecified atom stereocenters. The van der Waals surface area contributed by atoms with Crippen LogP contribution in [0.5, 0.6) is 0 Å². The number of aromatic nitrogens is 2. The lowest BCUT2D eigenvalue weighted by Gasteiger charge is -2.28. The maximum absolute atomic E-state index is 13.4. The molecule has 0 atom stereocenters. The third-order valence-corrected chi connectivity index (χ3v) is 5.28. The topological polar surface area (TPSA) is 75.5 Å². The quantitative estimate of drug-likeness (QED) is 0.490. The largest absolute Gasteiger partial charge is 0.459 e. The monoisotopic (exact) mass is 497 g/mol. The summed E-state index contributed by atoms with van der Waals surface area (Å²) < 4.78 is 51.1. The molecule has 1 saturated heterocycles. The third-order valence-electron chi connectivity index (χ3n) is 4.78. The first-order chi connectivity index (χ1) is 15.8. The number of alkyl halides is 3. The number of anilines is 2. The number of benzene rings is 1. The molecule has 1 aliphatic rings. The number of rotatable bonds is 5. The molecule has 12 heteroatoms. The van der Waals surface area contributed by atoms with Gasteiger partial charge in [-0.05, 0) is 48.6 Å². The zero-order chi connectivity index (χ0) is 23.4. The minimum atomic E-state index is -4.62. The summed E-state index contributed by atoms with van der Waals surface area (Å²) in [5, 5.41) is 6.21. The van der Waals surface area contributed by atoms with Crippen molar-refractivity contribution in [2.75, 3.05) is 36.5 Å². The van der Waals surface area contributed by atoms with Gasteiger partial charge >= 0.3 is 6.18 Å². The molecule has 3 heterocycles. The number of thiocarbonyl (C=S) groups is 1. The fourth-order valence-corrected chi connectivity index (χ4v) is 3.43. The van der Waals surface area contributed by atoms with Crippen LogP contribution >= 0.6 is 23.8 Å². The summed E-state index contributed by atoms with van der Waals surface area (Å²) in [7, 11) is 0. The zero-order valence-corrected chi connectivity index (χ0v) is 18.7. The van der Waals surface area contributed by atoms with Crippen molar-refractivity contribution in [3.63, 3.8) is 0 Å². The molecule has 3 aromatic rings. The molecule has 33 heavy (non-hydrogen) atoms. The summed E-state index contributed by atoms with van der Waals surface area (Å²) in [5.74, 6) is 1.15. The molecule has 4 rings (SSSR count). The molecule has 0 aliphatic carbocycles. The van der Waals surface area contributed by atoms with Gasteiger partial charge in [-0.2, -0.15) is 18.2 Å². The third kappa shape index (κ3) is 6.12. The molecular formula is C21H19ClF3N5O2S. The Balaban J connectivity index is 1.42. The van der Waals surface area contributed by atoms with Crippen LogP contribution in [0.3, 0.4) is 0 Å². The zero-order valence-electron chi connectivity index (χ0n) is 17.2. The van der Waals surface area contributed by atoms with Gasteiger partial charge in [0.2, 0.25) is 5.95 Å². The van der Waals surface area contributed by atoms with Crippen molar-refractivity contribution < 1.29 is 22.3 Å². The van der Waals surface area contributed by atoms with Gasteiger partial charge in [-0.3, -0.25) is 0 Å². The first kappa shape index (κ1) is 23.3. The van der Waals surface area contributed by atoms with Gasteiger partial charge in [0, 0.05) is 29.7 Å². The van der Waals surface area contributed by atoms with Crippen LogP contribution in [-0.4, -0.2) is 41.4 Å². The minimum absolute atomic E-state index is 0.0618. The first-order valence-corrected chi connectivity index (χ1v) is 10.7. The Morgan fingerprint density at radius 3 is 2.52 bits per heavy atom. The van der Waals surface area contributed by atoms with E-state index in [2.05, 4.69) is 20.6 Å². The maximum Gasteiger partial charge on any atom is 0.433 e. The van der Waals surface area contributed by atoms with Crippen LogP contribution < -0.4 is 15.5 Å². The Kier molecular flexibility index (Phi) is 7.01. The van der Waals surface area contributed by atoms with E-state index in [9.17, 15) is 13.2 Å². The lowest BCUT2D eigenvalue weighted by Crippen LogP contribution is -2.37. The number of halogens is 4. The van der Waals surface area contributed by atoms with Crippen LogP contribution in [0.15, 0.2) is 46.9 Å². The predicted molar refractivity (Wildman–Crippen MR) is 122 cm³/mol. The molecule has 0 saturated carbocycles. The lowest BCUT2D eigenvalue weighted by molar-refractivity contribution is -0.141. The van der Waals surface area contributed by atoms with Gasteiger partial charge in [-0.15, -0.1) is 0 Å². The molecule has 174 valence electrons. The van der Waals surface area contributed by atoms with Crippen LogP contribution in [0.25, 0.3) is 11.3 Å². The Hall–Kier alpha value is -2.89. The molecule has 1 fully saturated rings. The molecule has 1 aromatic carbocycles. The Morgan fingerprint density at radius 1 is 1.09 bits per heavy atom. The molecule has 1 aliphatic heterocycles. The fraction of sp³-hybridized carbons (Fsp3) is 0.286. The highest BCUT2D eigenvalue weighted by atomic mass is 35.5. The Morgan fingerprint density at radius 2 is 1.82 bits per heavy atom. The number of ether oxygens (including phenoxy) is 1. The second-order valence-corrected chi connectivity index (χ2v) is 7.96. The summed E-state index contributed by atoms with van der Waals surface area (Å²) in [4.78, 5) is 9.49. The summed E-state index contributed by atoms with van der Waals surface area (Å²) in [6.07, 6.45) is -4.62. The molecule has 7 nitrogen and oxygen atoms in total. The van der Waals surface area contributed by atoms with Crippen molar-refractivity contribution in [1.82, 2.24) is 15.3 Å². The molecule has 0 amide bonds. The van der Waals surface area contributed by atoms with E-state index >= 15 is 0 Å². The van der Waals surface area contributed by atoms with Gasteiger partial charge in [0.15, 0.2) is 10.8 Å². The van der Waals surface area contributed by atoms with Crippen molar-refractivity contribution in [3.05, 3.63) is 58.9 Å². The van der Waals surface area contributed by atoms with Crippen molar-refractivity contribution in [2.45, 2.75) is 12.7 Å². The van der Waals surface area contributed by atoms with E-state index in [4.69, 9.17) is 33.0 Å². The lowest BCUT2D eigenvalue weighted by atomic mass is 10.2. The minimum Gasteiger partial charge on any atom is -0.459 e. The van der Waals surface area contributed by atoms with E-state index < -0.39 is 11.9 Å². The van der Waals surface area contributed by atoms with Crippen molar-refractivity contribution in [2.24, 2.45) is 0 Å². The van der Waals surface area contributed by atoms with Gasteiger partial charge in [0.1, 0.15) is 17.3 Å². The van der Waals surface area contributed by atoms with Crippen molar-refractivity contribution in [3.8, 4) is 11.3 Å². The Bertz CT molecular complexity index is 1120. The molecule has 2 aromatic heterocycles. The van der Waals surface area contributed by atoms with E-state index in [1.165, 1.54) is 0 Å². The number of hydrogen-bond acceptors (Lipinski definition) is 6. The van der Waals surface area contributed by atoms with Gasteiger partial charge in [-0.1, -0.05) is 11.6 Å². The Labute approximate surface area is 197 Å². The molecule has 2 N–H and O–H groups in total. The average molecular weight is 498 g/mol. The number of hydrogen-bond donors (Lipinski definition) is 2. The van der Waals surface area contributed by atoms with E-state index in [1.54, 1.807) is 29.2 Å². The molecule has 0 bridgehead atoms. The second kappa shape index (κ2) is 9.94.